The first kappa shape index (κ1) is 8.05. The van der Waals surface area contributed by atoms with Gasteiger partial charge in [0, 0.05) is 18.9 Å². The summed E-state index contributed by atoms with van der Waals surface area (Å²) in [6, 6.07) is 0. The summed E-state index contributed by atoms with van der Waals surface area (Å²) in [4.78, 5) is 3.02. The molecule has 1 fully saturated rings. The number of rotatable bonds is 2. The summed E-state index contributed by atoms with van der Waals surface area (Å²) in [6.07, 6.45) is 9.53. The molecule has 0 radical (unpaired) electrons. The van der Waals surface area contributed by atoms with Gasteiger partial charge in [-0.05, 0) is 31.0 Å². The van der Waals surface area contributed by atoms with Gasteiger partial charge in [0.15, 0.2) is 4.77 Å². The van der Waals surface area contributed by atoms with Crippen molar-refractivity contribution in [3.8, 4) is 0 Å². The smallest absolute Gasteiger partial charge is 0.177 e. The first-order chi connectivity index (χ1) is 5.86. The summed E-state index contributed by atoms with van der Waals surface area (Å²) < 4.78 is 3.01. The van der Waals surface area contributed by atoms with E-state index in [2.05, 4.69) is 9.55 Å². The van der Waals surface area contributed by atoms with Crippen LogP contribution in [0, 0.1) is 10.7 Å². The second-order valence-electron chi connectivity index (χ2n) is 3.57. The highest BCUT2D eigenvalue weighted by Crippen LogP contribution is 2.25. The fraction of sp³-hybridized carbons (Fsp3) is 0.667. The first-order valence-electron chi connectivity index (χ1n) is 4.60. The second kappa shape index (κ2) is 3.44. The van der Waals surface area contributed by atoms with Gasteiger partial charge in [0.05, 0.1) is 0 Å². The van der Waals surface area contributed by atoms with Crippen molar-refractivity contribution in [1.82, 2.24) is 9.55 Å². The molecule has 0 aliphatic heterocycles. The van der Waals surface area contributed by atoms with Crippen molar-refractivity contribution in [3.05, 3.63) is 17.2 Å². The van der Waals surface area contributed by atoms with Gasteiger partial charge in [0.25, 0.3) is 0 Å². The maximum Gasteiger partial charge on any atom is 0.177 e. The molecule has 1 heterocycles. The molecule has 0 aromatic carbocycles. The third-order valence-corrected chi connectivity index (χ3v) is 3.00. The zero-order chi connectivity index (χ0) is 8.39. The Morgan fingerprint density at radius 1 is 1.50 bits per heavy atom. The lowest BCUT2D eigenvalue weighted by atomic mass is 10.1. The molecule has 1 aromatic heterocycles. The van der Waals surface area contributed by atoms with Crippen LogP contribution in [0.15, 0.2) is 12.4 Å². The predicted octanol–water partition coefficient (Wildman–Crippen LogP) is 2.74. The molecule has 1 aliphatic carbocycles. The fourth-order valence-electron chi connectivity index (χ4n) is 1.96. The average molecular weight is 182 g/mol. The molecule has 2 rings (SSSR count). The third-order valence-electron chi connectivity index (χ3n) is 2.65. The van der Waals surface area contributed by atoms with Crippen LogP contribution in [0.3, 0.4) is 0 Å². The van der Waals surface area contributed by atoms with Crippen molar-refractivity contribution >= 4 is 12.2 Å². The molecule has 1 aliphatic rings. The van der Waals surface area contributed by atoms with Gasteiger partial charge >= 0.3 is 0 Å². The van der Waals surface area contributed by atoms with Crippen molar-refractivity contribution in [2.75, 3.05) is 0 Å². The standard InChI is InChI=1S/C9H14N2S/c12-9-10-5-6-11(9)7-8-3-1-2-4-8/h5-6,8H,1-4,7H2,(H,10,12). The average Bonchev–Trinajstić information content (AvgIpc) is 2.65. The van der Waals surface area contributed by atoms with Crippen molar-refractivity contribution in [3.63, 3.8) is 0 Å². The number of H-pyrrole nitrogens is 1. The minimum Gasteiger partial charge on any atom is -0.337 e. The van der Waals surface area contributed by atoms with Crippen LogP contribution in [0.4, 0.5) is 0 Å². The molecule has 2 nitrogen and oxygen atoms in total. The van der Waals surface area contributed by atoms with Crippen molar-refractivity contribution in [1.29, 1.82) is 0 Å². The Labute approximate surface area is 77.6 Å². The van der Waals surface area contributed by atoms with E-state index >= 15 is 0 Å². The second-order valence-corrected chi connectivity index (χ2v) is 3.95. The predicted molar refractivity (Wildman–Crippen MR) is 51.6 cm³/mol. The minimum atomic E-state index is 0.863. The highest BCUT2D eigenvalue weighted by molar-refractivity contribution is 7.71. The number of nitrogens with zero attached hydrogens (tertiary/aromatic N) is 1. The van der Waals surface area contributed by atoms with Crippen molar-refractivity contribution in [2.24, 2.45) is 5.92 Å². The maximum atomic E-state index is 5.13. The molecule has 66 valence electrons. The molecule has 0 saturated heterocycles. The molecule has 1 aromatic rings. The minimum absolute atomic E-state index is 0.863. The molecule has 12 heavy (non-hydrogen) atoms. The Bertz CT molecular complexity index is 293. The highest BCUT2D eigenvalue weighted by Gasteiger charge is 2.15. The van der Waals surface area contributed by atoms with E-state index in [0.29, 0.717) is 0 Å². The van der Waals surface area contributed by atoms with Crippen LogP contribution in [0.5, 0.6) is 0 Å². The summed E-state index contributed by atoms with van der Waals surface area (Å²) in [5.74, 6) is 0.868. The fourth-order valence-corrected chi connectivity index (χ4v) is 2.17. The Morgan fingerprint density at radius 2 is 2.25 bits per heavy atom. The number of aromatic amines is 1. The van der Waals surface area contributed by atoms with Gasteiger partial charge < -0.3 is 9.55 Å². The van der Waals surface area contributed by atoms with E-state index in [9.17, 15) is 0 Å². The van der Waals surface area contributed by atoms with Gasteiger partial charge in [-0.15, -0.1) is 0 Å². The van der Waals surface area contributed by atoms with Crippen molar-refractivity contribution in [2.45, 2.75) is 32.2 Å². The zero-order valence-corrected chi connectivity index (χ0v) is 7.94. The summed E-state index contributed by atoms with van der Waals surface area (Å²) in [6.45, 7) is 1.11. The summed E-state index contributed by atoms with van der Waals surface area (Å²) in [5.41, 5.74) is 0. The number of hydrogen-bond donors (Lipinski definition) is 1. The van der Waals surface area contributed by atoms with Gasteiger partial charge in [0.1, 0.15) is 0 Å². The van der Waals surface area contributed by atoms with E-state index in [1.807, 2.05) is 12.4 Å². The van der Waals surface area contributed by atoms with Crippen LogP contribution < -0.4 is 0 Å². The molecule has 0 amide bonds. The van der Waals surface area contributed by atoms with E-state index in [1.165, 1.54) is 25.7 Å². The number of hydrogen-bond acceptors (Lipinski definition) is 1. The lowest BCUT2D eigenvalue weighted by molar-refractivity contribution is 0.454. The molecule has 0 atom stereocenters. The monoisotopic (exact) mass is 182 g/mol. The van der Waals surface area contributed by atoms with Crippen LogP contribution >= 0.6 is 12.2 Å². The van der Waals surface area contributed by atoms with E-state index in [4.69, 9.17) is 12.2 Å². The molecular formula is C9H14N2S. The van der Waals surface area contributed by atoms with E-state index in [1.54, 1.807) is 0 Å². The lowest BCUT2D eigenvalue weighted by Crippen LogP contribution is -2.06. The van der Waals surface area contributed by atoms with Crippen LogP contribution in [-0.4, -0.2) is 9.55 Å². The van der Waals surface area contributed by atoms with Gasteiger partial charge in [-0.3, -0.25) is 0 Å². The number of nitrogens with one attached hydrogen (secondary N) is 1. The quantitative estimate of drug-likeness (QED) is 0.697. The summed E-state index contributed by atoms with van der Waals surface area (Å²) >= 11 is 5.13. The topological polar surface area (TPSA) is 20.7 Å². The van der Waals surface area contributed by atoms with Crippen LogP contribution in [0.1, 0.15) is 25.7 Å². The largest absolute Gasteiger partial charge is 0.337 e. The Kier molecular flexibility index (Phi) is 2.30. The first-order valence-corrected chi connectivity index (χ1v) is 5.01. The van der Waals surface area contributed by atoms with Crippen LogP contribution in [0.25, 0.3) is 0 Å². The molecule has 0 bridgehead atoms. The Hall–Kier alpha value is -0.570. The zero-order valence-electron chi connectivity index (χ0n) is 7.12. The van der Waals surface area contributed by atoms with Gasteiger partial charge in [0.2, 0.25) is 0 Å². The maximum absolute atomic E-state index is 5.13. The highest BCUT2D eigenvalue weighted by atomic mass is 32.1. The normalized spacial score (nSPS) is 18.7. The lowest BCUT2D eigenvalue weighted by Gasteiger charge is -2.08. The van der Waals surface area contributed by atoms with Gasteiger partial charge in [-0.2, -0.15) is 0 Å². The SMILES string of the molecule is S=c1[nH]ccn1CC1CCCC1. The Balaban J connectivity index is 2.03. The molecule has 1 saturated carbocycles. The van der Waals surface area contributed by atoms with Crippen molar-refractivity contribution < 1.29 is 0 Å². The molecule has 0 unspecified atom stereocenters. The van der Waals surface area contributed by atoms with Crippen LogP contribution in [-0.2, 0) is 6.54 Å². The van der Waals surface area contributed by atoms with E-state index < -0.39 is 0 Å². The molecular weight excluding hydrogens is 168 g/mol. The number of aromatic nitrogens is 2. The summed E-state index contributed by atoms with van der Waals surface area (Å²) in [7, 11) is 0. The molecule has 0 spiro atoms. The Morgan fingerprint density at radius 3 is 2.83 bits per heavy atom. The molecule has 3 heteroatoms. The van der Waals surface area contributed by atoms with E-state index in [-0.39, 0.29) is 0 Å². The van der Waals surface area contributed by atoms with Crippen LogP contribution in [0.2, 0.25) is 0 Å². The van der Waals surface area contributed by atoms with Gasteiger partial charge in [-0.1, -0.05) is 12.8 Å². The molecule has 1 N–H and O–H groups in total. The van der Waals surface area contributed by atoms with Gasteiger partial charge in [-0.25, -0.2) is 0 Å². The van der Waals surface area contributed by atoms with E-state index in [0.717, 1.165) is 17.2 Å². The summed E-state index contributed by atoms with van der Waals surface area (Å²) in [5, 5.41) is 0. The number of imidazole rings is 1. The third kappa shape index (κ3) is 1.61.